The van der Waals surface area contributed by atoms with E-state index in [0.29, 0.717) is 17.0 Å². The third-order valence-electron chi connectivity index (χ3n) is 4.03. The number of carbonyl (C=O) groups excluding carboxylic acids is 3. The second-order valence-corrected chi connectivity index (χ2v) is 6.07. The number of primary amides is 1. The zero-order valence-electron chi connectivity index (χ0n) is 15.1. The number of nitrogens with two attached hydrogens (primary N) is 1. The highest BCUT2D eigenvalue weighted by Crippen LogP contribution is 2.25. The molecular weight excluding hydrogens is 332 g/mol. The molecule has 0 radical (unpaired) electrons. The van der Waals surface area contributed by atoms with Crippen LogP contribution in [0.5, 0.6) is 5.75 Å². The largest absolute Gasteiger partial charge is 0.495 e. The molecule has 6 heteroatoms. The molecule has 2 aromatic carbocycles. The maximum atomic E-state index is 12.4. The fourth-order valence-electron chi connectivity index (χ4n) is 2.57. The molecule has 0 heterocycles. The van der Waals surface area contributed by atoms with Crippen molar-refractivity contribution in [3.05, 3.63) is 58.7 Å². The summed E-state index contributed by atoms with van der Waals surface area (Å²) in [6.07, 6.45) is 0.115. The van der Waals surface area contributed by atoms with Gasteiger partial charge in [0.15, 0.2) is 5.78 Å². The summed E-state index contributed by atoms with van der Waals surface area (Å²) in [7, 11) is 1.46. The summed E-state index contributed by atoms with van der Waals surface area (Å²) < 4.78 is 5.17. The Bertz CT molecular complexity index is 859. The minimum atomic E-state index is -0.603. The normalized spacial score (nSPS) is 10.3. The van der Waals surface area contributed by atoms with E-state index in [1.165, 1.54) is 19.2 Å². The van der Waals surface area contributed by atoms with E-state index < -0.39 is 5.91 Å². The van der Waals surface area contributed by atoms with Crippen molar-refractivity contribution in [3.63, 3.8) is 0 Å². The van der Waals surface area contributed by atoms with Crippen molar-refractivity contribution in [2.45, 2.75) is 26.7 Å². The average Bonchev–Trinajstić information content (AvgIpc) is 2.61. The molecule has 0 saturated heterocycles. The quantitative estimate of drug-likeness (QED) is 0.747. The second-order valence-electron chi connectivity index (χ2n) is 6.07. The van der Waals surface area contributed by atoms with Crippen LogP contribution in [0, 0.1) is 13.8 Å². The number of anilines is 1. The summed E-state index contributed by atoms with van der Waals surface area (Å²) in [5.74, 6) is -0.625. The molecule has 0 bridgehead atoms. The molecule has 0 saturated carbocycles. The van der Waals surface area contributed by atoms with E-state index in [1.54, 1.807) is 6.07 Å². The Labute approximate surface area is 152 Å². The lowest BCUT2D eigenvalue weighted by Gasteiger charge is -2.11. The molecule has 0 atom stereocenters. The molecule has 0 aromatic heterocycles. The van der Waals surface area contributed by atoms with Crippen LogP contribution in [-0.4, -0.2) is 24.7 Å². The lowest BCUT2D eigenvalue weighted by atomic mass is 9.99. The monoisotopic (exact) mass is 354 g/mol. The van der Waals surface area contributed by atoms with Gasteiger partial charge in [-0.2, -0.15) is 0 Å². The average molecular weight is 354 g/mol. The lowest BCUT2D eigenvalue weighted by molar-refractivity contribution is -0.116. The highest BCUT2D eigenvalue weighted by Gasteiger charge is 2.14. The first-order valence-electron chi connectivity index (χ1n) is 8.20. The molecule has 0 aliphatic rings. The van der Waals surface area contributed by atoms with Crippen molar-refractivity contribution < 1.29 is 19.1 Å². The minimum Gasteiger partial charge on any atom is -0.495 e. The molecule has 2 rings (SSSR count). The van der Waals surface area contributed by atoms with Gasteiger partial charge in [-0.15, -0.1) is 0 Å². The molecule has 2 amide bonds. The molecule has 26 heavy (non-hydrogen) atoms. The predicted molar refractivity (Wildman–Crippen MR) is 99.6 cm³/mol. The zero-order chi connectivity index (χ0) is 19.3. The second kappa shape index (κ2) is 8.29. The van der Waals surface area contributed by atoms with Gasteiger partial charge in [-0.25, -0.2) is 0 Å². The standard InChI is InChI=1S/C20H22N2O4/c1-12-4-5-13(2)15(10-12)17(23)7-9-19(24)22-16-11-14(20(21)25)6-8-18(16)26-3/h4-6,8,10-11H,7,9H2,1-3H3,(H2,21,25)(H,22,24). The van der Waals surface area contributed by atoms with E-state index in [9.17, 15) is 14.4 Å². The number of ketones is 1. The number of Topliss-reactive ketones (excluding diaryl/α,β-unsaturated/α-hetero) is 1. The summed E-state index contributed by atoms with van der Waals surface area (Å²) in [4.78, 5) is 35.9. The van der Waals surface area contributed by atoms with E-state index >= 15 is 0 Å². The van der Waals surface area contributed by atoms with Crippen LogP contribution in [0.25, 0.3) is 0 Å². The fraction of sp³-hybridized carbons (Fsp3) is 0.250. The van der Waals surface area contributed by atoms with Crippen molar-refractivity contribution in [2.24, 2.45) is 5.73 Å². The van der Waals surface area contributed by atoms with Gasteiger partial charge in [0.1, 0.15) is 5.75 Å². The van der Waals surface area contributed by atoms with Crippen LogP contribution in [0.2, 0.25) is 0 Å². The number of ether oxygens (including phenoxy) is 1. The first kappa shape index (κ1) is 19.2. The van der Waals surface area contributed by atoms with Crippen molar-refractivity contribution in [1.82, 2.24) is 0 Å². The summed E-state index contributed by atoms with van der Waals surface area (Å²) in [6, 6.07) is 10.2. The van der Waals surface area contributed by atoms with Crippen LogP contribution >= 0.6 is 0 Å². The summed E-state index contributed by atoms with van der Waals surface area (Å²) in [5, 5.41) is 2.67. The number of nitrogens with one attached hydrogen (secondary N) is 1. The fourth-order valence-corrected chi connectivity index (χ4v) is 2.57. The van der Waals surface area contributed by atoms with E-state index in [-0.39, 0.29) is 30.1 Å². The number of aryl methyl sites for hydroxylation is 2. The smallest absolute Gasteiger partial charge is 0.248 e. The van der Waals surface area contributed by atoms with E-state index in [0.717, 1.165) is 11.1 Å². The van der Waals surface area contributed by atoms with Crippen molar-refractivity contribution >= 4 is 23.3 Å². The number of benzene rings is 2. The number of carbonyl (C=O) groups is 3. The number of hydrogen-bond acceptors (Lipinski definition) is 4. The molecule has 3 N–H and O–H groups in total. The molecule has 2 aromatic rings. The Balaban J connectivity index is 2.05. The Morgan fingerprint density at radius 2 is 1.77 bits per heavy atom. The Kier molecular flexibility index (Phi) is 6.11. The molecule has 0 unspecified atom stereocenters. The first-order valence-corrected chi connectivity index (χ1v) is 8.20. The van der Waals surface area contributed by atoms with Gasteiger partial charge >= 0.3 is 0 Å². The van der Waals surface area contributed by atoms with Gasteiger partial charge in [0.2, 0.25) is 11.8 Å². The van der Waals surface area contributed by atoms with Crippen LogP contribution in [0.15, 0.2) is 36.4 Å². The van der Waals surface area contributed by atoms with Crippen LogP contribution in [0.3, 0.4) is 0 Å². The minimum absolute atomic E-state index is 0.0240. The Hall–Kier alpha value is -3.15. The highest BCUT2D eigenvalue weighted by atomic mass is 16.5. The van der Waals surface area contributed by atoms with Crippen molar-refractivity contribution in [2.75, 3.05) is 12.4 Å². The third-order valence-corrected chi connectivity index (χ3v) is 4.03. The summed E-state index contributed by atoms with van der Waals surface area (Å²) in [6.45, 7) is 3.79. The Morgan fingerprint density at radius 3 is 2.42 bits per heavy atom. The number of methoxy groups -OCH3 is 1. The van der Waals surface area contributed by atoms with Crippen LogP contribution in [0.1, 0.15) is 44.7 Å². The van der Waals surface area contributed by atoms with Crippen molar-refractivity contribution in [3.8, 4) is 5.75 Å². The predicted octanol–water partition coefficient (Wildman–Crippen LogP) is 3.01. The van der Waals surface area contributed by atoms with E-state index in [4.69, 9.17) is 10.5 Å². The summed E-state index contributed by atoms with van der Waals surface area (Å²) >= 11 is 0. The van der Waals surface area contributed by atoms with Gasteiger partial charge < -0.3 is 15.8 Å². The van der Waals surface area contributed by atoms with Crippen molar-refractivity contribution in [1.29, 1.82) is 0 Å². The van der Waals surface area contributed by atoms with Gasteiger partial charge in [0.05, 0.1) is 12.8 Å². The number of hydrogen-bond donors (Lipinski definition) is 2. The van der Waals surface area contributed by atoms with Crippen LogP contribution < -0.4 is 15.8 Å². The maximum Gasteiger partial charge on any atom is 0.248 e. The van der Waals surface area contributed by atoms with E-state index in [2.05, 4.69) is 5.32 Å². The number of amides is 2. The molecule has 0 spiro atoms. The lowest BCUT2D eigenvalue weighted by Crippen LogP contribution is -2.16. The van der Waals surface area contributed by atoms with Gasteiger partial charge in [-0.3, -0.25) is 14.4 Å². The third kappa shape index (κ3) is 4.69. The van der Waals surface area contributed by atoms with Gasteiger partial charge in [0.25, 0.3) is 0 Å². The molecule has 0 aliphatic carbocycles. The number of rotatable bonds is 7. The highest BCUT2D eigenvalue weighted by molar-refractivity contribution is 6.02. The van der Waals surface area contributed by atoms with Crippen LogP contribution in [0.4, 0.5) is 5.69 Å². The van der Waals surface area contributed by atoms with Crippen LogP contribution in [-0.2, 0) is 4.79 Å². The van der Waals surface area contributed by atoms with Gasteiger partial charge in [-0.1, -0.05) is 17.7 Å². The molecule has 6 nitrogen and oxygen atoms in total. The first-order chi connectivity index (χ1) is 12.3. The van der Waals surface area contributed by atoms with Gasteiger partial charge in [-0.05, 0) is 43.7 Å². The maximum absolute atomic E-state index is 12.4. The van der Waals surface area contributed by atoms with Gasteiger partial charge in [0, 0.05) is 24.0 Å². The molecule has 0 aliphatic heterocycles. The zero-order valence-corrected chi connectivity index (χ0v) is 15.1. The molecular formula is C20H22N2O4. The molecule has 0 fully saturated rings. The Morgan fingerprint density at radius 1 is 1.04 bits per heavy atom. The SMILES string of the molecule is COc1ccc(C(N)=O)cc1NC(=O)CCC(=O)c1cc(C)ccc1C. The topological polar surface area (TPSA) is 98.5 Å². The molecule has 136 valence electrons. The van der Waals surface area contributed by atoms with E-state index in [1.807, 2.05) is 32.0 Å². The summed E-state index contributed by atoms with van der Waals surface area (Å²) in [5.41, 5.74) is 8.37.